The molecule has 78 heavy (non-hydrogen) atoms. The Kier molecular flexibility index (Phi) is 43.0. The molecule has 0 atom stereocenters. The molecule has 0 fully saturated rings. The molecule has 0 unspecified atom stereocenters. The Hall–Kier alpha value is -2.91. The maximum absolute atomic E-state index is 12.9. The van der Waals surface area contributed by atoms with Crippen LogP contribution in [0.3, 0.4) is 0 Å². The molecule has 0 aliphatic carbocycles. The molecule has 0 spiro atoms. The van der Waals surface area contributed by atoms with E-state index < -0.39 is 59.1 Å². The number of amides is 2. The van der Waals surface area contributed by atoms with Crippen LogP contribution in [-0.4, -0.2) is 270 Å². The number of ether oxygens (including phenoxy) is 4. The second-order valence-corrected chi connectivity index (χ2v) is 30.0. The molecule has 0 aromatic carbocycles. The molecular weight excluding hydrogens is 1100 g/mol. The molecule has 0 saturated carbocycles. The lowest BCUT2D eigenvalue weighted by atomic mass is 10.3. The minimum atomic E-state index is -2.80. The molecular formula is C47H97N5O22Si4. The molecule has 0 saturated heterocycles. The molecule has 2 amide bonds. The monoisotopic (exact) mass is 1200 g/mol. The second-order valence-electron chi connectivity index (χ2n) is 17.7. The third kappa shape index (κ3) is 33.1. The first kappa shape index (κ1) is 75.1. The number of nitrogens with zero attached hydrogens (tertiary/aromatic N) is 3. The average molecular weight is 1200 g/mol. The van der Waals surface area contributed by atoms with Gasteiger partial charge in [0, 0.05) is 188 Å². The van der Waals surface area contributed by atoms with Crippen LogP contribution >= 0.6 is 0 Å². The van der Waals surface area contributed by atoms with Gasteiger partial charge in [0.15, 0.2) is 0 Å². The molecule has 31 heteroatoms. The largest absolute Gasteiger partial charge is 0.500 e. The standard InChI is InChI=1S/C47H97N5O22Si4/c1-50(26-18-42(53)48-24-32-51(28-20-44(55)71-34-14-38-75(59-2,60-3)61-4)29-21-45(56)72-35-15-39-76(62-5,63-6)64-7)27-19-43(54)49-25-33-52(30-22-46(57)73-36-16-40-77(65-8,66-9)67-10)31-23-47(58)74-37-17-41-78(68-11,69-12)70-13/h14-41H2,1-13H3,(H,48,53)(H,49,54). The summed E-state index contributed by atoms with van der Waals surface area (Å²) in [6, 6.07) is 1.88. The Morgan fingerprint density at radius 2 is 0.538 bits per heavy atom. The molecule has 27 nitrogen and oxygen atoms in total. The summed E-state index contributed by atoms with van der Waals surface area (Å²) in [5.74, 6) is -2.08. The number of carbonyl (C=O) groups is 6. The topological polar surface area (TPSA) is 284 Å². The normalized spacial score (nSPS) is 12.3. The van der Waals surface area contributed by atoms with Crippen LogP contribution in [-0.2, 0) is 101 Å². The van der Waals surface area contributed by atoms with Gasteiger partial charge in [-0.05, 0) is 32.7 Å². The van der Waals surface area contributed by atoms with Gasteiger partial charge in [0.25, 0.3) is 0 Å². The molecule has 0 aromatic heterocycles. The van der Waals surface area contributed by atoms with Gasteiger partial charge < -0.3 is 97.4 Å². The van der Waals surface area contributed by atoms with Crippen molar-refractivity contribution in [3.63, 3.8) is 0 Å². The zero-order chi connectivity index (χ0) is 58.7. The van der Waals surface area contributed by atoms with E-state index in [-0.39, 0.29) is 116 Å². The number of hydrogen-bond acceptors (Lipinski definition) is 25. The molecule has 0 rings (SSSR count). The Morgan fingerprint density at radius 1 is 0.321 bits per heavy atom. The summed E-state index contributed by atoms with van der Waals surface area (Å²) < 4.78 is 86.9. The van der Waals surface area contributed by atoms with Crippen molar-refractivity contribution in [1.82, 2.24) is 25.3 Å². The lowest BCUT2D eigenvalue weighted by molar-refractivity contribution is -0.146. The van der Waals surface area contributed by atoms with E-state index in [1.54, 1.807) is 0 Å². The van der Waals surface area contributed by atoms with Crippen LogP contribution in [0.1, 0.15) is 64.2 Å². The highest BCUT2D eigenvalue weighted by Crippen LogP contribution is 2.18. The predicted molar refractivity (Wildman–Crippen MR) is 293 cm³/mol. The first-order valence-corrected chi connectivity index (χ1v) is 34.0. The van der Waals surface area contributed by atoms with Crippen molar-refractivity contribution < 1.29 is 101 Å². The van der Waals surface area contributed by atoms with Gasteiger partial charge in [-0.25, -0.2) is 0 Å². The summed E-state index contributed by atoms with van der Waals surface area (Å²) in [7, 11) is 8.82. The van der Waals surface area contributed by atoms with Crippen molar-refractivity contribution in [2.45, 2.75) is 88.4 Å². The van der Waals surface area contributed by atoms with E-state index in [9.17, 15) is 28.8 Å². The molecule has 0 heterocycles. The summed E-state index contributed by atoms with van der Waals surface area (Å²) in [6.45, 7) is 3.70. The van der Waals surface area contributed by atoms with Crippen molar-refractivity contribution >= 4 is 70.9 Å². The van der Waals surface area contributed by atoms with E-state index >= 15 is 0 Å². The number of carbonyl (C=O) groups excluding carboxylic acids is 6. The predicted octanol–water partition coefficient (Wildman–Crippen LogP) is 1.34. The van der Waals surface area contributed by atoms with Gasteiger partial charge in [0.1, 0.15) is 0 Å². The summed E-state index contributed by atoms with van der Waals surface area (Å²) in [6.07, 6.45) is 2.51. The van der Waals surface area contributed by atoms with Crippen molar-refractivity contribution in [3.8, 4) is 0 Å². The highest BCUT2D eigenvalue weighted by molar-refractivity contribution is 6.61. The fourth-order valence-electron chi connectivity index (χ4n) is 7.66. The van der Waals surface area contributed by atoms with Gasteiger partial charge in [-0.1, -0.05) is 0 Å². The van der Waals surface area contributed by atoms with Crippen LogP contribution in [0.5, 0.6) is 0 Å². The van der Waals surface area contributed by atoms with Crippen molar-refractivity contribution in [2.75, 3.05) is 184 Å². The van der Waals surface area contributed by atoms with E-state index in [0.717, 1.165) is 0 Å². The molecule has 2 N–H and O–H groups in total. The first-order valence-electron chi connectivity index (χ1n) is 26.3. The van der Waals surface area contributed by atoms with Gasteiger partial charge in [-0.15, -0.1) is 0 Å². The van der Waals surface area contributed by atoms with E-state index in [4.69, 9.17) is 72.1 Å². The van der Waals surface area contributed by atoms with Gasteiger partial charge in [0.2, 0.25) is 11.8 Å². The summed E-state index contributed by atoms with van der Waals surface area (Å²) in [5, 5.41) is 5.81. The zero-order valence-electron chi connectivity index (χ0n) is 49.1. The summed E-state index contributed by atoms with van der Waals surface area (Å²) >= 11 is 0. The molecule has 0 bridgehead atoms. The van der Waals surface area contributed by atoms with Crippen molar-refractivity contribution in [2.24, 2.45) is 0 Å². The van der Waals surface area contributed by atoms with Crippen LogP contribution < -0.4 is 10.6 Å². The lowest BCUT2D eigenvalue weighted by Crippen LogP contribution is -2.42. The molecule has 0 aromatic rings. The van der Waals surface area contributed by atoms with Gasteiger partial charge in [-0.3, -0.25) is 28.8 Å². The quantitative estimate of drug-likeness (QED) is 0.0376. The number of nitrogens with one attached hydrogen (secondary N) is 2. The van der Waals surface area contributed by atoms with Crippen LogP contribution in [0.2, 0.25) is 24.2 Å². The Bertz CT molecular complexity index is 1400. The Balaban J connectivity index is 5.19. The van der Waals surface area contributed by atoms with Gasteiger partial charge >= 0.3 is 59.1 Å². The number of esters is 4. The van der Waals surface area contributed by atoms with Crippen molar-refractivity contribution in [1.29, 1.82) is 0 Å². The first-order chi connectivity index (χ1) is 37.3. The highest BCUT2D eigenvalue weighted by Gasteiger charge is 2.39. The van der Waals surface area contributed by atoms with Crippen LogP contribution in [0.15, 0.2) is 0 Å². The fourth-order valence-corrected chi connectivity index (χ4v) is 14.4. The lowest BCUT2D eigenvalue weighted by Gasteiger charge is -2.24. The minimum absolute atomic E-state index is 0.0558. The molecule has 0 aliphatic heterocycles. The van der Waals surface area contributed by atoms with Crippen LogP contribution in [0, 0.1) is 0 Å². The van der Waals surface area contributed by atoms with Gasteiger partial charge in [-0.2, -0.15) is 0 Å². The maximum Gasteiger partial charge on any atom is 0.500 e. The highest BCUT2D eigenvalue weighted by atomic mass is 28.4. The Labute approximate surface area is 468 Å². The second kappa shape index (κ2) is 44.7. The molecule has 0 radical (unpaired) electrons. The van der Waals surface area contributed by atoms with Crippen molar-refractivity contribution in [3.05, 3.63) is 0 Å². The average Bonchev–Trinajstić information content (AvgIpc) is 3.46. The Morgan fingerprint density at radius 3 is 0.744 bits per heavy atom. The zero-order valence-corrected chi connectivity index (χ0v) is 53.1. The number of rotatable bonds is 52. The smallest absolute Gasteiger partial charge is 0.466 e. The van der Waals surface area contributed by atoms with Crippen LogP contribution in [0.4, 0.5) is 0 Å². The molecule has 0 aliphatic rings. The third-order valence-electron chi connectivity index (χ3n) is 12.8. The minimum Gasteiger partial charge on any atom is -0.466 e. The van der Waals surface area contributed by atoms with E-state index in [1.165, 1.54) is 85.3 Å². The van der Waals surface area contributed by atoms with E-state index in [1.807, 2.05) is 21.7 Å². The third-order valence-corrected chi connectivity index (χ3v) is 24.1. The van der Waals surface area contributed by atoms with E-state index in [0.29, 0.717) is 76.0 Å². The van der Waals surface area contributed by atoms with Gasteiger partial charge in [0.05, 0.1) is 52.1 Å². The summed E-state index contributed by atoms with van der Waals surface area (Å²) in [4.78, 5) is 82.3. The van der Waals surface area contributed by atoms with Crippen LogP contribution in [0.25, 0.3) is 0 Å². The summed E-state index contributed by atoms with van der Waals surface area (Å²) in [5.41, 5.74) is 0. The fraction of sp³-hybridized carbons (Fsp3) is 0.872. The van der Waals surface area contributed by atoms with E-state index in [2.05, 4.69) is 10.6 Å². The number of hydrogen-bond donors (Lipinski definition) is 2. The maximum atomic E-state index is 12.9. The SMILES string of the molecule is CO[Si](CCCOC(=O)CCN(CCNC(=O)CCN(C)CCC(=O)NCCN(CCC(=O)OCCC[Si](OC)(OC)OC)CCC(=O)OCCC[Si](OC)(OC)OC)CCC(=O)OCCC[Si](OC)(OC)OC)(OC)OC. The molecule has 458 valence electrons.